The SMILES string of the molecule is CCNCC(C)C(=O)N(C)CC(=O)Nc1cc(C)on1. The number of hydrogen-bond donors (Lipinski definition) is 2. The molecule has 1 rings (SSSR count). The molecule has 0 radical (unpaired) electrons. The van der Waals surface area contributed by atoms with Gasteiger partial charge in [0, 0.05) is 25.6 Å². The Morgan fingerprint density at radius 2 is 2.20 bits per heavy atom. The number of likely N-dealkylation sites (N-methyl/N-ethyl adjacent to an activating group) is 1. The summed E-state index contributed by atoms with van der Waals surface area (Å²) in [6.07, 6.45) is 0. The van der Waals surface area contributed by atoms with E-state index >= 15 is 0 Å². The number of carbonyl (C=O) groups excluding carboxylic acids is 2. The summed E-state index contributed by atoms with van der Waals surface area (Å²) in [6, 6.07) is 1.62. The van der Waals surface area contributed by atoms with Gasteiger partial charge in [-0.25, -0.2) is 0 Å². The predicted octanol–water partition coefficient (Wildman–Crippen LogP) is 0.626. The zero-order valence-corrected chi connectivity index (χ0v) is 12.4. The van der Waals surface area contributed by atoms with Gasteiger partial charge in [0.2, 0.25) is 11.8 Å². The van der Waals surface area contributed by atoms with E-state index in [0.29, 0.717) is 18.1 Å². The van der Waals surface area contributed by atoms with Crippen molar-refractivity contribution in [2.24, 2.45) is 5.92 Å². The average Bonchev–Trinajstić information content (AvgIpc) is 2.79. The number of hydrogen-bond acceptors (Lipinski definition) is 5. The Morgan fingerprint density at radius 3 is 2.75 bits per heavy atom. The van der Waals surface area contributed by atoms with Crippen molar-refractivity contribution in [2.45, 2.75) is 20.8 Å². The molecule has 1 heterocycles. The molecule has 7 heteroatoms. The second kappa shape index (κ2) is 7.64. The molecule has 0 aliphatic carbocycles. The van der Waals surface area contributed by atoms with Gasteiger partial charge in [-0.1, -0.05) is 19.0 Å². The number of aryl methyl sites for hydroxylation is 1. The molecule has 0 aromatic carbocycles. The summed E-state index contributed by atoms with van der Waals surface area (Å²) in [4.78, 5) is 25.2. The maximum absolute atomic E-state index is 12.0. The van der Waals surface area contributed by atoms with Gasteiger partial charge < -0.3 is 20.1 Å². The highest BCUT2D eigenvalue weighted by Crippen LogP contribution is 2.07. The minimum absolute atomic E-state index is 0.0127. The van der Waals surface area contributed by atoms with E-state index in [4.69, 9.17) is 4.52 Å². The van der Waals surface area contributed by atoms with Crippen LogP contribution in [0.25, 0.3) is 0 Å². The highest BCUT2D eigenvalue weighted by Gasteiger charge is 2.19. The fourth-order valence-electron chi connectivity index (χ4n) is 1.73. The third-order valence-electron chi connectivity index (χ3n) is 2.77. The van der Waals surface area contributed by atoms with Crippen LogP contribution >= 0.6 is 0 Å². The van der Waals surface area contributed by atoms with E-state index in [-0.39, 0.29) is 24.3 Å². The van der Waals surface area contributed by atoms with Crippen molar-refractivity contribution in [3.8, 4) is 0 Å². The normalized spacial score (nSPS) is 12.0. The predicted molar refractivity (Wildman–Crippen MR) is 75.2 cm³/mol. The second-order valence-corrected chi connectivity index (χ2v) is 4.77. The van der Waals surface area contributed by atoms with Crippen molar-refractivity contribution in [3.63, 3.8) is 0 Å². The Hall–Kier alpha value is -1.89. The van der Waals surface area contributed by atoms with Crippen LogP contribution in [-0.2, 0) is 9.59 Å². The number of aromatic nitrogens is 1. The third-order valence-corrected chi connectivity index (χ3v) is 2.77. The average molecular weight is 282 g/mol. The quantitative estimate of drug-likeness (QED) is 0.765. The molecule has 0 spiro atoms. The second-order valence-electron chi connectivity index (χ2n) is 4.77. The summed E-state index contributed by atoms with van der Waals surface area (Å²) in [7, 11) is 1.61. The van der Waals surface area contributed by atoms with Crippen LogP contribution in [0.2, 0.25) is 0 Å². The number of nitrogens with zero attached hydrogens (tertiary/aromatic N) is 2. The van der Waals surface area contributed by atoms with Gasteiger partial charge in [0.25, 0.3) is 0 Å². The molecule has 0 saturated heterocycles. The van der Waals surface area contributed by atoms with Crippen LogP contribution in [0, 0.1) is 12.8 Å². The highest BCUT2D eigenvalue weighted by atomic mass is 16.5. The minimum atomic E-state index is -0.301. The van der Waals surface area contributed by atoms with Gasteiger partial charge in [-0.3, -0.25) is 9.59 Å². The Labute approximate surface area is 118 Å². The Kier molecular flexibility index (Phi) is 6.17. The lowest BCUT2D eigenvalue weighted by Gasteiger charge is -2.20. The lowest BCUT2D eigenvalue weighted by atomic mass is 10.1. The molecule has 20 heavy (non-hydrogen) atoms. The summed E-state index contributed by atoms with van der Waals surface area (Å²) in [5.74, 6) is 0.433. The number of nitrogens with one attached hydrogen (secondary N) is 2. The van der Waals surface area contributed by atoms with Gasteiger partial charge in [0.15, 0.2) is 5.82 Å². The van der Waals surface area contributed by atoms with E-state index in [1.807, 2.05) is 13.8 Å². The number of carbonyl (C=O) groups is 2. The molecule has 7 nitrogen and oxygen atoms in total. The van der Waals surface area contributed by atoms with Gasteiger partial charge in [-0.15, -0.1) is 0 Å². The molecule has 0 fully saturated rings. The number of anilines is 1. The van der Waals surface area contributed by atoms with Gasteiger partial charge in [-0.2, -0.15) is 0 Å². The molecule has 0 saturated carbocycles. The summed E-state index contributed by atoms with van der Waals surface area (Å²) in [5.41, 5.74) is 0. The fraction of sp³-hybridized carbons (Fsp3) is 0.615. The summed E-state index contributed by atoms with van der Waals surface area (Å²) < 4.78 is 4.85. The number of rotatable bonds is 7. The fourth-order valence-corrected chi connectivity index (χ4v) is 1.73. The molecule has 1 aromatic rings. The van der Waals surface area contributed by atoms with Gasteiger partial charge in [0.05, 0.1) is 6.54 Å². The van der Waals surface area contributed by atoms with Crippen LogP contribution in [0.4, 0.5) is 5.82 Å². The summed E-state index contributed by atoms with van der Waals surface area (Å²) >= 11 is 0. The van der Waals surface area contributed by atoms with Crippen LogP contribution in [0.3, 0.4) is 0 Å². The van der Waals surface area contributed by atoms with Crippen molar-refractivity contribution in [3.05, 3.63) is 11.8 Å². The van der Waals surface area contributed by atoms with E-state index in [9.17, 15) is 9.59 Å². The lowest BCUT2D eigenvalue weighted by molar-refractivity contribution is -0.136. The third kappa shape index (κ3) is 5.00. The van der Waals surface area contributed by atoms with Crippen LogP contribution in [-0.4, -0.2) is 48.6 Å². The molecule has 0 aliphatic heterocycles. The molecule has 1 unspecified atom stereocenters. The van der Waals surface area contributed by atoms with Gasteiger partial charge >= 0.3 is 0 Å². The van der Waals surface area contributed by atoms with Crippen molar-refractivity contribution < 1.29 is 14.1 Å². The molecule has 2 N–H and O–H groups in total. The van der Waals surface area contributed by atoms with Crippen LogP contribution < -0.4 is 10.6 Å². The standard InChI is InChI=1S/C13H22N4O3/c1-5-14-7-9(2)13(19)17(4)8-12(18)15-11-6-10(3)20-16-11/h6,9,14H,5,7-8H2,1-4H3,(H,15,16,18). The first-order valence-corrected chi connectivity index (χ1v) is 6.62. The van der Waals surface area contributed by atoms with E-state index in [2.05, 4.69) is 15.8 Å². The van der Waals surface area contributed by atoms with Crippen LogP contribution in [0.5, 0.6) is 0 Å². The van der Waals surface area contributed by atoms with E-state index in [1.54, 1.807) is 20.0 Å². The Morgan fingerprint density at radius 1 is 1.50 bits per heavy atom. The van der Waals surface area contributed by atoms with Crippen LogP contribution in [0.15, 0.2) is 10.6 Å². The van der Waals surface area contributed by atoms with Crippen molar-refractivity contribution in [2.75, 3.05) is 32.0 Å². The lowest BCUT2D eigenvalue weighted by Crippen LogP contribution is -2.40. The first kappa shape index (κ1) is 16.2. The van der Waals surface area contributed by atoms with E-state index in [1.165, 1.54) is 4.90 Å². The van der Waals surface area contributed by atoms with Gasteiger partial charge in [0.1, 0.15) is 5.76 Å². The summed E-state index contributed by atoms with van der Waals surface area (Å²) in [6.45, 7) is 6.95. The molecule has 1 atom stereocenters. The van der Waals surface area contributed by atoms with Gasteiger partial charge in [-0.05, 0) is 13.5 Å². The van der Waals surface area contributed by atoms with E-state index < -0.39 is 0 Å². The smallest absolute Gasteiger partial charge is 0.245 e. The van der Waals surface area contributed by atoms with Crippen molar-refractivity contribution in [1.29, 1.82) is 0 Å². The molecule has 2 amide bonds. The largest absolute Gasteiger partial charge is 0.360 e. The maximum atomic E-state index is 12.0. The first-order valence-electron chi connectivity index (χ1n) is 6.62. The molecule has 0 aliphatic rings. The van der Waals surface area contributed by atoms with Crippen molar-refractivity contribution in [1.82, 2.24) is 15.4 Å². The topological polar surface area (TPSA) is 87.5 Å². The van der Waals surface area contributed by atoms with E-state index in [0.717, 1.165) is 6.54 Å². The zero-order valence-electron chi connectivity index (χ0n) is 12.4. The summed E-state index contributed by atoms with van der Waals surface area (Å²) in [5, 5.41) is 9.35. The molecular formula is C13H22N4O3. The molecular weight excluding hydrogens is 260 g/mol. The molecule has 0 bridgehead atoms. The first-order chi connectivity index (χ1) is 9.43. The maximum Gasteiger partial charge on any atom is 0.245 e. The zero-order chi connectivity index (χ0) is 15.1. The van der Waals surface area contributed by atoms with Crippen molar-refractivity contribution >= 4 is 17.6 Å². The highest BCUT2D eigenvalue weighted by molar-refractivity contribution is 5.94. The monoisotopic (exact) mass is 282 g/mol. The minimum Gasteiger partial charge on any atom is -0.360 e. The molecule has 1 aromatic heterocycles. The Bertz CT molecular complexity index is 458. The van der Waals surface area contributed by atoms with Crippen LogP contribution in [0.1, 0.15) is 19.6 Å². The number of amides is 2. The Balaban J connectivity index is 2.42. The molecule has 112 valence electrons.